The Morgan fingerprint density at radius 1 is 0.527 bits per heavy atom. The van der Waals surface area contributed by atoms with E-state index in [1.165, 1.54) is 22.5 Å². The number of nitrogens with zero attached hydrogens (tertiary/aromatic N) is 4. The van der Waals surface area contributed by atoms with E-state index in [1.807, 2.05) is 36.7 Å². The minimum Gasteiger partial charge on any atom is -0.455 e. The van der Waals surface area contributed by atoms with Gasteiger partial charge in [-0.05, 0) is 89.0 Å². The minimum absolute atomic E-state index is 0.236. The molecule has 5 nitrogen and oxygen atoms in total. The summed E-state index contributed by atoms with van der Waals surface area (Å²) in [4.78, 5) is 17.3. The van der Waals surface area contributed by atoms with Gasteiger partial charge in [-0.15, -0.1) is 0 Å². The molecule has 1 aliphatic rings. The van der Waals surface area contributed by atoms with Crippen LogP contribution in [0.5, 0.6) is 0 Å². The fourth-order valence-electron chi connectivity index (χ4n) is 8.59. The first-order valence-corrected chi connectivity index (χ1v) is 18.7. The van der Waals surface area contributed by atoms with Crippen molar-refractivity contribution >= 4 is 60.8 Å². The van der Waals surface area contributed by atoms with E-state index in [4.69, 9.17) is 14.4 Å². The van der Waals surface area contributed by atoms with Gasteiger partial charge >= 0.3 is 0 Å². The number of hydrogen-bond acceptors (Lipinski definition) is 5. The smallest absolute Gasteiger partial charge is 0.145 e. The molecule has 260 valence electrons. The first-order chi connectivity index (χ1) is 27.0. The highest BCUT2D eigenvalue weighted by Gasteiger charge is 2.37. The van der Waals surface area contributed by atoms with Crippen molar-refractivity contribution in [2.75, 3.05) is 4.90 Å². The highest BCUT2D eigenvalue weighted by Crippen LogP contribution is 2.52. The number of pyridine rings is 3. The summed E-state index contributed by atoms with van der Waals surface area (Å²) in [5, 5.41) is 4.12. The van der Waals surface area contributed by atoms with Gasteiger partial charge in [0.1, 0.15) is 16.7 Å². The van der Waals surface area contributed by atoms with Crippen LogP contribution >= 0.6 is 0 Å². The molecule has 0 aliphatic carbocycles. The Labute approximate surface area is 318 Å². The van der Waals surface area contributed by atoms with Gasteiger partial charge in [-0.25, -0.2) is 9.97 Å². The molecule has 0 atom stereocenters. The molecule has 1 aliphatic heterocycles. The molecule has 0 amide bonds. The fourth-order valence-corrected chi connectivity index (χ4v) is 8.59. The van der Waals surface area contributed by atoms with Gasteiger partial charge in [-0.1, -0.05) is 105 Å². The number of furan rings is 1. The maximum Gasteiger partial charge on any atom is 0.145 e. The maximum atomic E-state index is 6.70. The van der Waals surface area contributed by atoms with E-state index >= 15 is 0 Å². The molecule has 0 saturated carbocycles. The summed E-state index contributed by atoms with van der Waals surface area (Å²) in [6.07, 6.45) is 3.65. The Morgan fingerprint density at radius 3 is 2.07 bits per heavy atom. The first kappa shape index (κ1) is 31.4. The summed E-state index contributed by atoms with van der Waals surface area (Å²) >= 11 is 0. The molecular formula is C50H34N4O. The predicted molar refractivity (Wildman–Crippen MR) is 225 cm³/mol. The minimum atomic E-state index is -0.236. The molecule has 0 radical (unpaired) electrons. The van der Waals surface area contributed by atoms with Crippen molar-refractivity contribution in [2.24, 2.45) is 0 Å². The van der Waals surface area contributed by atoms with Gasteiger partial charge in [0, 0.05) is 50.8 Å². The van der Waals surface area contributed by atoms with Crippen LogP contribution < -0.4 is 4.90 Å². The normalized spacial score (nSPS) is 13.4. The second-order valence-corrected chi connectivity index (χ2v) is 14.8. The third-order valence-corrected chi connectivity index (χ3v) is 11.4. The second-order valence-electron chi connectivity index (χ2n) is 14.8. The van der Waals surface area contributed by atoms with Crippen molar-refractivity contribution < 1.29 is 4.42 Å². The molecule has 5 heterocycles. The summed E-state index contributed by atoms with van der Waals surface area (Å²) < 4.78 is 6.70. The zero-order valence-corrected chi connectivity index (χ0v) is 30.4. The summed E-state index contributed by atoms with van der Waals surface area (Å²) in [5.74, 6) is 0. The van der Waals surface area contributed by atoms with Crippen molar-refractivity contribution in [1.29, 1.82) is 0 Å². The lowest BCUT2D eigenvalue weighted by molar-refractivity contribution is 0.632. The van der Waals surface area contributed by atoms with E-state index < -0.39 is 0 Å². The fraction of sp³-hybridized carbons (Fsp3) is 0.0600. The van der Waals surface area contributed by atoms with Crippen LogP contribution in [0.15, 0.2) is 175 Å². The van der Waals surface area contributed by atoms with Crippen LogP contribution in [0.1, 0.15) is 25.0 Å². The van der Waals surface area contributed by atoms with Gasteiger partial charge in [0.25, 0.3) is 0 Å². The standard InChI is InChI=1S/C50H34N4O/c1-50(2)39-13-7-8-14-43(39)54(35-10-4-3-5-11-35)44-25-20-34(30-40(44)50)41-23-24-42-48(52-41)46-38(22-21-37-36-12-6-9-15-45(36)55-49(37)46)47(53-42)33-18-16-31(17-19-33)32-26-28-51-29-27-32/h3-30H,1-2H3. The number of hydrogen-bond donors (Lipinski definition) is 0. The van der Waals surface area contributed by atoms with Crippen LogP contribution in [-0.2, 0) is 5.41 Å². The van der Waals surface area contributed by atoms with E-state index in [2.05, 4.69) is 157 Å². The highest BCUT2D eigenvalue weighted by molar-refractivity contribution is 6.24. The number of aromatic nitrogens is 3. The maximum absolute atomic E-state index is 6.70. The molecular weight excluding hydrogens is 673 g/mol. The quantitative estimate of drug-likeness (QED) is 0.171. The SMILES string of the molecule is CC1(C)c2ccccc2N(c2ccccc2)c2ccc(-c3ccc4nc(-c5ccc(-c6ccncc6)cc5)c5ccc6c7ccccc7oc6c5c4n3)cc21. The van der Waals surface area contributed by atoms with E-state index in [0.29, 0.717) is 0 Å². The number of fused-ring (bicyclic) bond motifs is 9. The first-order valence-electron chi connectivity index (χ1n) is 18.7. The van der Waals surface area contributed by atoms with Crippen LogP contribution in [0.3, 0.4) is 0 Å². The average molecular weight is 707 g/mol. The van der Waals surface area contributed by atoms with E-state index in [1.54, 1.807) is 0 Å². The van der Waals surface area contributed by atoms with Crippen molar-refractivity contribution in [3.05, 3.63) is 181 Å². The molecule has 0 bridgehead atoms. The van der Waals surface area contributed by atoms with Crippen LogP contribution in [0.2, 0.25) is 0 Å². The van der Waals surface area contributed by atoms with Crippen molar-refractivity contribution in [3.63, 3.8) is 0 Å². The number of benzene rings is 6. The van der Waals surface area contributed by atoms with Gasteiger partial charge in [0.05, 0.1) is 33.7 Å². The number of anilines is 3. The Morgan fingerprint density at radius 2 is 1.22 bits per heavy atom. The molecule has 0 fully saturated rings. The van der Waals surface area contributed by atoms with Gasteiger partial charge in [0.2, 0.25) is 0 Å². The predicted octanol–water partition coefficient (Wildman–Crippen LogP) is 13.2. The highest BCUT2D eigenvalue weighted by atomic mass is 16.3. The topological polar surface area (TPSA) is 55.1 Å². The zero-order valence-electron chi connectivity index (χ0n) is 30.4. The summed E-state index contributed by atoms with van der Waals surface area (Å²) in [7, 11) is 0. The largest absolute Gasteiger partial charge is 0.455 e. The lowest BCUT2D eigenvalue weighted by Gasteiger charge is -2.42. The molecule has 0 saturated heterocycles. The molecule has 55 heavy (non-hydrogen) atoms. The summed E-state index contributed by atoms with van der Waals surface area (Å²) in [6.45, 7) is 4.65. The van der Waals surface area contributed by atoms with Crippen molar-refractivity contribution in [1.82, 2.24) is 15.0 Å². The second kappa shape index (κ2) is 12.0. The zero-order chi connectivity index (χ0) is 36.7. The van der Waals surface area contributed by atoms with Gasteiger partial charge < -0.3 is 9.32 Å². The molecule has 0 unspecified atom stereocenters. The Balaban J connectivity index is 1.12. The van der Waals surface area contributed by atoms with Crippen LogP contribution in [0, 0.1) is 0 Å². The third kappa shape index (κ3) is 4.83. The third-order valence-electron chi connectivity index (χ3n) is 11.4. The summed E-state index contributed by atoms with van der Waals surface area (Å²) in [5.41, 5.74) is 15.3. The number of rotatable bonds is 4. The average Bonchev–Trinajstić information content (AvgIpc) is 3.63. The lowest BCUT2D eigenvalue weighted by Crippen LogP contribution is -2.30. The molecule has 0 spiro atoms. The van der Waals surface area contributed by atoms with Crippen LogP contribution in [-0.4, -0.2) is 15.0 Å². The Hall–Kier alpha value is -7.11. The number of para-hydroxylation sites is 3. The van der Waals surface area contributed by atoms with Crippen LogP contribution in [0.4, 0.5) is 17.1 Å². The monoisotopic (exact) mass is 706 g/mol. The van der Waals surface area contributed by atoms with Gasteiger partial charge in [-0.2, -0.15) is 0 Å². The van der Waals surface area contributed by atoms with E-state index in [9.17, 15) is 0 Å². The van der Waals surface area contributed by atoms with Crippen molar-refractivity contribution in [3.8, 4) is 33.6 Å². The van der Waals surface area contributed by atoms with Crippen LogP contribution in [0.25, 0.3) is 77.4 Å². The molecule has 0 N–H and O–H groups in total. The van der Waals surface area contributed by atoms with Gasteiger partial charge in [0.15, 0.2) is 0 Å². The Kier molecular flexibility index (Phi) is 6.83. The summed E-state index contributed by atoms with van der Waals surface area (Å²) in [6, 6.07) is 55.7. The molecule has 6 aromatic carbocycles. The van der Waals surface area contributed by atoms with Gasteiger partial charge in [-0.3, -0.25) is 4.98 Å². The molecule has 10 aromatic rings. The molecule has 11 rings (SSSR count). The lowest BCUT2D eigenvalue weighted by atomic mass is 9.73. The van der Waals surface area contributed by atoms with E-state index in [0.717, 1.165) is 83.1 Å². The Bertz CT molecular complexity index is 3110. The van der Waals surface area contributed by atoms with E-state index in [-0.39, 0.29) is 5.41 Å². The molecule has 4 aromatic heterocycles. The van der Waals surface area contributed by atoms with Crippen molar-refractivity contribution in [2.45, 2.75) is 19.3 Å². The molecule has 5 heteroatoms.